The SMILES string of the molecule is Cn1ccc2[nH]c(=O)c(-c3ccccc3F)cc2c1=O. The minimum Gasteiger partial charge on any atom is -0.321 e. The maximum absolute atomic E-state index is 13.8. The van der Waals surface area contributed by atoms with Gasteiger partial charge in [-0.05, 0) is 18.2 Å². The number of hydrogen-bond donors (Lipinski definition) is 1. The molecule has 0 radical (unpaired) electrons. The quantitative estimate of drug-likeness (QED) is 0.735. The lowest BCUT2D eigenvalue weighted by molar-refractivity contribution is 0.631. The topological polar surface area (TPSA) is 54.9 Å². The van der Waals surface area contributed by atoms with Gasteiger partial charge in [0.1, 0.15) is 5.82 Å². The van der Waals surface area contributed by atoms with Crippen molar-refractivity contribution >= 4 is 10.9 Å². The molecule has 0 unspecified atom stereocenters. The van der Waals surface area contributed by atoms with Crippen LogP contribution in [0.25, 0.3) is 22.0 Å². The normalized spacial score (nSPS) is 10.9. The van der Waals surface area contributed by atoms with Crippen molar-refractivity contribution in [3.8, 4) is 11.1 Å². The van der Waals surface area contributed by atoms with Crippen molar-refractivity contribution in [2.75, 3.05) is 0 Å². The van der Waals surface area contributed by atoms with Crippen LogP contribution in [0.1, 0.15) is 0 Å². The molecule has 5 heteroatoms. The number of fused-ring (bicyclic) bond motifs is 1. The molecule has 0 spiro atoms. The molecule has 0 aliphatic heterocycles. The molecule has 1 N–H and O–H groups in total. The highest BCUT2D eigenvalue weighted by atomic mass is 19.1. The first-order valence-corrected chi connectivity index (χ1v) is 6.05. The van der Waals surface area contributed by atoms with Crippen LogP contribution in [0.2, 0.25) is 0 Å². The fraction of sp³-hybridized carbons (Fsp3) is 0.0667. The predicted octanol–water partition coefficient (Wildman–Crippen LogP) is 2.03. The second-order valence-corrected chi connectivity index (χ2v) is 4.55. The Hall–Kier alpha value is -2.69. The van der Waals surface area contributed by atoms with Gasteiger partial charge in [0.2, 0.25) is 0 Å². The standard InChI is InChI=1S/C15H11FN2O2/c1-18-7-6-13-11(15(18)20)8-10(14(19)17-13)9-4-2-3-5-12(9)16/h2-8H,1H3,(H,17,19). The summed E-state index contributed by atoms with van der Waals surface area (Å²) in [7, 11) is 1.62. The van der Waals surface area contributed by atoms with E-state index < -0.39 is 11.4 Å². The first kappa shape index (κ1) is 12.3. The summed E-state index contributed by atoms with van der Waals surface area (Å²) >= 11 is 0. The predicted molar refractivity (Wildman–Crippen MR) is 75.2 cm³/mol. The number of benzene rings is 1. The van der Waals surface area contributed by atoms with Crippen LogP contribution in [0.4, 0.5) is 4.39 Å². The molecular formula is C15H11FN2O2. The number of nitrogens with zero attached hydrogens (tertiary/aromatic N) is 1. The molecule has 0 saturated heterocycles. The minimum absolute atomic E-state index is 0.152. The van der Waals surface area contributed by atoms with Crippen molar-refractivity contribution in [3.63, 3.8) is 0 Å². The molecule has 2 aromatic heterocycles. The molecule has 3 rings (SSSR count). The lowest BCUT2D eigenvalue weighted by Gasteiger charge is -2.05. The molecule has 1 aromatic carbocycles. The largest absolute Gasteiger partial charge is 0.321 e. The minimum atomic E-state index is -0.495. The number of nitrogens with one attached hydrogen (secondary N) is 1. The third kappa shape index (κ3) is 1.84. The van der Waals surface area contributed by atoms with Crippen molar-refractivity contribution in [2.45, 2.75) is 0 Å². The number of H-pyrrole nitrogens is 1. The molecule has 4 nitrogen and oxygen atoms in total. The van der Waals surface area contributed by atoms with Gasteiger partial charge in [0.05, 0.1) is 16.5 Å². The summed E-state index contributed by atoms with van der Waals surface area (Å²) in [5, 5.41) is 0.354. The Labute approximate surface area is 113 Å². The zero-order chi connectivity index (χ0) is 14.3. The van der Waals surface area contributed by atoms with E-state index in [9.17, 15) is 14.0 Å². The number of pyridine rings is 2. The Balaban J connectivity index is 2.41. The second kappa shape index (κ2) is 4.45. The number of aromatic amines is 1. The highest BCUT2D eigenvalue weighted by Crippen LogP contribution is 2.20. The summed E-state index contributed by atoms with van der Waals surface area (Å²) in [6, 6.07) is 9.07. The summed E-state index contributed by atoms with van der Waals surface area (Å²) in [6.45, 7) is 0. The van der Waals surface area contributed by atoms with Crippen molar-refractivity contribution in [1.82, 2.24) is 9.55 Å². The van der Waals surface area contributed by atoms with Crippen LogP contribution in [-0.2, 0) is 7.05 Å². The van der Waals surface area contributed by atoms with E-state index in [1.54, 1.807) is 31.4 Å². The van der Waals surface area contributed by atoms with Crippen LogP contribution in [0, 0.1) is 5.82 Å². The molecule has 2 heterocycles. The van der Waals surface area contributed by atoms with Crippen LogP contribution in [0.3, 0.4) is 0 Å². The van der Waals surface area contributed by atoms with Gasteiger partial charge in [0.15, 0.2) is 0 Å². The fourth-order valence-electron chi connectivity index (χ4n) is 2.18. The van der Waals surface area contributed by atoms with E-state index in [0.29, 0.717) is 10.9 Å². The molecule has 3 aromatic rings. The lowest BCUT2D eigenvalue weighted by Crippen LogP contribution is -2.19. The van der Waals surface area contributed by atoms with Crippen molar-refractivity contribution < 1.29 is 4.39 Å². The number of rotatable bonds is 1. The second-order valence-electron chi connectivity index (χ2n) is 4.55. The van der Waals surface area contributed by atoms with Gasteiger partial charge in [-0.3, -0.25) is 9.59 Å². The van der Waals surface area contributed by atoms with E-state index in [4.69, 9.17) is 0 Å². The molecule has 0 aliphatic rings. The van der Waals surface area contributed by atoms with E-state index in [-0.39, 0.29) is 16.7 Å². The first-order valence-electron chi connectivity index (χ1n) is 6.05. The number of halogens is 1. The maximum atomic E-state index is 13.8. The lowest BCUT2D eigenvalue weighted by atomic mass is 10.1. The molecule has 0 amide bonds. The van der Waals surface area contributed by atoms with Crippen LogP contribution in [0.15, 0.2) is 52.2 Å². The molecule has 100 valence electrons. The fourth-order valence-corrected chi connectivity index (χ4v) is 2.18. The zero-order valence-corrected chi connectivity index (χ0v) is 10.7. The molecule has 20 heavy (non-hydrogen) atoms. The first-order chi connectivity index (χ1) is 9.58. The number of aromatic nitrogens is 2. The van der Waals surface area contributed by atoms with Gasteiger partial charge < -0.3 is 9.55 Å². The highest BCUT2D eigenvalue weighted by molar-refractivity contribution is 5.82. The third-order valence-corrected chi connectivity index (χ3v) is 3.25. The Morgan fingerprint density at radius 1 is 1.10 bits per heavy atom. The van der Waals surface area contributed by atoms with Gasteiger partial charge in [-0.25, -0.2) is 4.39 Å². The Bertz CT molecular complexity index is 925. The third-order valence-electron chi connectivity index (χ3n) is 3.25. The van der Waals surface area contributed by atoms with Gasteiger partial charge in [0, 0.05) is 18.8 Å². The molecule has 0 saturated carbocycles. The van der Waals surface area contributed by atoms with E-state index in [0.717, 1.165) is 0 Å². The van der Waals surface area contributed by atoms with Crippen molar-refractivity contribution in [1.29, 1.82) is 0 Å². The number of hydrogen-bond acceptors (Lipinski definition) is 2. The molecule has 0 atom stereocenters. The number of aryl methyl sites for hydroxylation is 1. The van der Waals surface area contributed by atoms with E-state index >= 15 is 0 Å². The summed E-state index contributed by atoms with van der Waals surface area (Å²) in [5.41, 5.74) is 0.117. The highest BCUT2D eigenvalue weighted by Gasteiger charge is 2.11. The van der Waals surface area contributed by atoms with Gasteiger partial charge >= 0.3 is 0 Å². The molecular weight excluding hydrogens is 259 g/mol. The van der Waals surface area contributed by atoms with Crippen LogP contribution >= 0.6 is 0 Å². The van der Waals surface area contributed by atoms with E-state index in [1.165, 1.54) is 22.8 Å². The van der Waals surface area contributed by atoms with Gasteiger partial charge in [-0.2, -0.15) is 0 Å². The summed E-state index contributed by atoms with van der Waals surface area (Å²) in [5.74, 6) is -0.495. The van der Waals surface area contributed by atoms with E-state index in [2.05, 4.69) is 4.98 Å². The molecule has 0 bridgehead atoms. The smallest absolute Gasteiger partial charge is 0.259 e. The van der Waals surface area contributed by atoms with Crippen LogP contribution in [-0.4, -0.2) is 9.55 Å². The van der Waals surface area contributed by atoms with Gasteiger partial charge in [0.25, 0.3) is 11.1 Å². The average Bonchev–Trinajstić information content (AvgIpc) is 2.44. The van der Waals surface area contributed by atoms with E-state index in [1.807, 2.05) is 0 Å². The van der Waals surface area contributed by atoms with Crippen molar-refractivity contribution in [3.05, 3.63) is 69.1 Å². The molecule has 0 aliphatic carbocycles. The Kier molecular flexibility index (Phi) is 2.75. The van der Waals surface area contributed by atoms with Crippen LogP contribution in [0.5, 0.6) is 0 Å². The summed E-state index contributed by atoms with van der Waals surface area (Å²) < 4.78 is 15.2. The Morgan fingerprint density at radius 3 is 2.60 bits per heavy atom. The van der Waals surface area contributed by atoms with Gasteiger partial charge in [-0.1, -0.05) is 18.2 Å². The monoisotopic (exact) mass is 270 g/mol. The summed E-state index contributed by atoms with van der Waals surface area (Å²) in [6.07, 6.45) is 1.57. The summed E-state index contributed by atoms with van der Waals surface area (Å²) in [4.78, 5) is 26.7. The maximum Gasteiger partial charge on any atom is 0.259 e. The van der Waals surface area contributed by atoms with Crippen molar-refractivity contribution in [2.24, 2.45) is 7.05 Å². The Morgan fingerprint density at radius 2 is 1.85 bits per heavy atom. The van der Waals surface area contributed by atoms with Gasteiger partial charge in [-0.15, -0.1) is 0 Å². The average molecular weight is 270 g/mol. The van der Waals surface area contributed by atoms with Crippen LogP contribution < -0.4 is 11.1 Å². The zero-order valence-electron chi connectivity index (χ0n) is 10.7. The molecule has 0 fully saturated rings.